The number of imidazole rings is 1. The number of hydrogen-bond acceptors (Lipinski definition) is 3. The molecule has 1 aromatic heterocycles. The quantitative estimate of drug-likeness (QED) is 0.710. The maximum atomic E-state index is 9.21. The molecule has 0 saturated heterocycles. The average Bonchev–Trinajstić information content (AvgIpc) is 3.23. The zero-order chi connectivity index (χ0) is 19.7. The van der Waals surface area contributed by atoms with Gasteiger partial charge in [-0.25, -0.2) is 4.98 Å². The summed E-state index contributed by atoms with van der Waals surface area (Å²) in [5.41, 5.74) is 11.9. The monoisotopic (exact) mass is 376 g/mol. The molecule has 6 atom stereocenters. The molecular formula is C24H32N4. The Labute approximate surface area is 168 Å². The summed E-state index contributed by atoms with van der Waals surface area (Å²) in [5.74, 6) is 2.25. The number of hydrogen-bond donors (Lipinski definition) is 1. The van der Waals surface area contributed by atoms with Crippen molar-refractivity contribution in [2.24, 2.45) is 34.3 Å². The lowest BCUT2D eigenvalue weighted by molar-refractivity contribution is -0.0130. The van der Waals surface area contributed by atoms with E-state index >= 15 is 0 Å². The summed E-state index contributed by atoms with van der Waals surface area (Å²) in [4.78, 5) is 4.28. The lowest BCUT2D eigenvalue weighted by atomic mass is 9.47. The van der Waals surface area contributed by atoms with Crippen molar-refractivity contribution in [1.29, 1.82) is 5.26 Å². The zero-order valence-corrected chi connectivity index (χ0v) is 17.4. The molecule has 28 heavy (non-hydrogen) atoms. The minimum Gasteiger partial charge on any atom is -0.327 e. The molecule has 0 spiro atoms. The van der Waals surface area contributed by atoms with Crippen LogP contribution in [0.2, 0.25) is 0 Å². The van der Waals surface area contributed by atoms with Crippen molar-refractivity contribution in [1.82, 2.24) is 9.55 Å². The molecule has 1 heterocycles. The van der Waals surface area contributed by atoms with Gasteiger partial charge in [-0.05, 0) is 75.0 Å². The van der Waals surface area contributed by atoms with Gasteiger partial charge >= 0.3 is 0 Å². The topological polar surface area (TPSA) is 67.6 Å². The zero-order valence-electron chi connectivity index (χ0n) is 17.4. The normalized spacial score (nSPS) is 42.3. The van der Waals surface area contributed by atoms with Crippen molar-refractivity contribution in [2.45, 2.75) is 71.8 Å². The Bertz CT molecular complexity index is 915. The Morgan fingerprint density at radius 3 is 2.71 bits per heavy atom. The maximum absolute atomic E-state index is 9.21. The summed E-state index contributed by atoms with van der Waals surface area (Å²) in [6, 6.07) is 2.55. The molecule has 1 aromatic rings. The van der Waals surface area contributed by atoms with Gasteiger partial charge in [0.25, 0.3) is 0 Å². The first-order valence-corrected chi connectivity index (χ1v) is 11.0. The third-order valence-electron chi connectivity index (χ3n) is 8.96. The standard InChI is InChI=1S/C24H32N4/c1-15-10-21-19-5-4-16-11-17(26)6-8-23(16,2)20(19)7-9-24(21,3)22(15)28-13-18(12-25)27-14-28/h4,13-14,17,19-21H,5-11,26H2,1-3H3/t17-,19?,20?,21?,23-,24-/m0/s1. The van der Waals surface area contributed by atoms with Crippen LogP contribution in [0.25, 0.3) is 5.70 Å². The molecule has 148 valence electrons. The molecule has 2 saturated carbocycles. The molecule has 0 aliphatic heterocycles. The molecule has 4 nitrogen and oxygen atoms in total. The van der Waals surface area contributed by atoms with E-state index in [0.717, 1.165) is 18.3 Å². The van der Waals surface area contributed by atoms with E-state index < -0.39 is 0 Å². The van der Waals surface area contributed by atoms with Crippen molar-refractivity contribution in [3.05, 3.63) is 35.4 Å². The van der Waals surface area contributed by atoms with Gasteiger partial charge in [-0.3, -0.25) is 0 Å². The molecule has 2 fully saturated rings. The number of aromatic nitrogens is 2. The van der Waals surface area contributed by atoms with Crippen LogP contribution in [-0.4, -0.2) is 15.6 Å². The smallest absolute Gasteiger partial charge is 0.158 e. The van der Waals surface area contributed by atoms with E-state index in [1.807, 2.05) is 12.5 Å². The van der Waals surface area contributed by atoms with Gasteiger partial charge < -0.3 is 10.3 Å². The molecule has 5 rings (SSSR count). The summed E-state index contributed by atoms with van der Waals surface area (Å²) >= 11 is 0. The number of nitrogens with two attached hydrogens (primary N) is 1. The molecule has 2 N–H and O–H groups in total. The summed E-state index contributed by atoms with van der Waals surface area (Å²) in [5, 5.41) is 9.21. The maximum Gasteiger partial charge on any atom is 0.158 e. The molecule has 4 heteroatoms. The number of nitriles is 1. The summed E-state index contributed by atoms with van der Waals surface area (Å²) in [6.07, 6.45) is 14.8. The van der Waals surface area contributed by atoms with Gasteiger partial charge in [0.05, 0.1) is 0 Å². The molecule has 0 bridgehead atoms. The van der Waals surface area contributed by atoms with E-state index in [1.54, 1.807) is 5.57 Å². The number of fused-ring (bicyclic) bond motifs is 5. The van der Waals surface area contributed by atoms with Crippen LogP contribution in [0, 0.1) is 39.9 Å². The van der Waals surface area contributed by atoms with Crippen LogP contribution in [0.4, 0.5) is 0 Å². The van der Waals surface area contributed by atoms with Crippen LogP contribution < -0.4 is 5.73 Å². The van der Waals surface area contributed by atoms with Gasteiger partial charge in [-0.1, -0.05) is 31.1 Å². The highest BCUT2D eigenvalue weighted by molar-refractivity contribution is 5.61. The third kappa shape index (κ3) is 2.35. The molecular weight excluding hydrogens is 344 g/mol. The molecule has 3 unspecified atom stereocenters. The molecule has 0 aromatic carbocycles. The fraction of sp³-hybridized carbons (Fsp3) is 0.667. The van der Waals surface area contributed by atoms with E-state index in [-0.39, 0.29) is 5.41 Å². The second kappa shape index (κ2) is 6.07. The fourth-order valence-electron chi connectivity index (χ4n) is 7.61. The van der Waals surface area contributed by atoms with E-state index in [2.05, 4.69) is 42.5 Å². The number of rotatable bonds is 1. The second-order valence-electron chi connectivity index (χ2n) is 10.3. The lowest BCUT2D eigenvalue weighted by Gasteiger charge is -2.57. The van der Waals surface area contributed by atoms with E-state index in [1.165, 1.54) is 49.8 Å². The van der Waals surface area contributed by atoms with E-state index in [0.29, 0.717) is 23.1 Å². The highest BCUT2D eigenvalue weighted by Gasteiger charge is 2.57. The first-order chi connectivity index (χ1) is 13.4. The number of allylic oxidation sites excluding steroid dienone is 3. The van der Waals surface area contributed by atoms with Gasteiger partial charge in [0.1, 0.15) is 12.4 Å². The summed E-state index contributed by atoms with van der Waals surface area (Å²) < 4.78 is 2.15. The third-order valence-corrected chi connectivity index (χ3v) is 8.96. The highest BCUT2D eigenvalue weighted by Crippen LogP contribution is 2.66. The van der Waals surface area contributed by atoms with Crippen LogP contribution >= 0.6 is 0 Å². The Morgan fingerprint density at radius 2 is 1.96 bits per heavy atom. The Balaban J connectivity index is 1.50. The Hall–Kier alpha value is -1.86. The van der Waals surface area contributed by atoms with Crippen LogP contribution in [-0.2, 0) is 0 Å². The van der Waals surface area contributed by atoms with Crippen LogP contribution in [0.5, 0.6) is 0 Å². The van der Waals surface area contributed by atoms with Crippen molar-refractivity contribution < 1.29 is 0 Å². The average molecular weight is 377 g/mol. The minimum atomic E-state index is 0.186. The molecule has 0 amide bonds. The van der Waals surface area contributed by atoms with Crippen molar-refractivity contribution in [2.75, 3.05) is 0 Å². The van der Waals surface area contributed by atoms with Gasteiger partial charge in [-0.15, -0.1) is 0 Å². The predicted molar refractivity (Wildman–Crippen MR) is 111 cm³/mol. The van der Waals surface area contributed by atoms with Gasteiger partial charge in [0, 0.05) is 23.4 Å². The summed E-state index contributed by atoms with van der Waals surface area (Å²) in [6.45, 7) is 7.31. The van der Waals surface area contributed by atoms with Crippen molar-refractivity contribution in [3.63, 3.8) is 0 Å². The van der Waals surface area contributed by atoms with Gasteiger partial charge in [0.15, 0.2) is 5.69 Å². The van der Waals surface area contributed by atoms with E-state index in [4.69, 9.17) is 5.73 Å². The highest BCUT2D eigenvalue weighted by atomic mass is 15.1. The Morgan fingerprint density at radius 1 is 1.18 bits per heavy atom. The van der Waals surface area contributed by atoms with Gasteiger partial charge in [0.2, 0.25) is 0 Å². The van der Waals surface area contributed by atoms with Crippen molar-refractivity contribution >= 4 is 5.70 Å². The van der Waals surface area contributed by atoms with Gasteiger partial charge in [-0.2, -0.15) is 5.26 Å². The second-order valence-corrected chi connectivity index (χ2v) is 10.3. The first-order valence-electron chi connectivity index (χ1n) is 11.0. The number of nitrogens with zero attached hydrogens (tertiary/aromatic N) is 3. The molecule has 0 radical (unpaired) electrons. The SMILES string of the molecule is CC1=C(n2cnc(C#N)c2)[C@@]2(C)CCC3C(CC=C4C[C@@H](N)CC[C@@]43C)C2C1. The molecule has 4 aliphatic rings. The van der Waals surface area contributed by atoms with Crippen LogP contribution in [0.1, 0.15) is 71.4 Å². The minimum absolute atomic E-state index is 0.186. The predicted octanol–water partition coefficient (Wildman–Crippen LogP) is 4.89. The fourth-order valence-corrected chi connectivity index (χ4v) is 7.61. The summed E-state index contributed by atoms with van der Waals surface area (Å²) in [7, 11) is 0. The van der Waals surface area contributed by atoms with Crippen molar-refractivity contribution in [3.8, 4) is 6.07 Å². The van der Waals surface area contributed by atoms with Crippen LogP contribution in [0.3, 0.4) is 0 Å². The lowest BCUT2D eigenvalue weighted by Crippen LogP contribution is -2.50. The van der Waals surface area contributed by atoms with E-state index in [9.17, 15) is 5.26 Å². The molecule has 4 aliphatic carbocycles. The first kappa shape index (κ1) is 18.2. The van der Waals surface area contributed by atoms with Crippen LogP contribution in [0.15, 0.2) is 29.7 Å². The largest absolute Gasteiger partial charge is 0.327 e. The Kier molecular flexibility index (Phi) is 3.94.